The highest BCUT2D eigenvalue weighted by Crippen LogP contribution is 2.39. The quantitative estimate of drug-likeness (QED) is 0.810. The van der Waals surface area contributed by atoms with E-state index in [1.807, 2.05) is 6.92 Å². The lowest BCUT2D eigenvalue weighted by molar-refractivity contribution is 0.0696. The van der Waals surface area contributed by atoms with Crippen LogP contribution in [-0.2, 0) is 5.41 Å². The number of ketones is 1. The van der Waals surface area contributed by atoms with Crippen LogP contribution in [0.25, 0.3) is 0 Å². The van der Waals surface area contributed by atoms with Crippen LogP contribution in [0.1, 0.15) is 53.5 Å². The first kappa shape index (κ1) is 11.8. The van der Waals surface area contributed by atoms with E-state index in [1.54, 1.807) is 12.1 Å². The van der Waals surface area contributed by atoms with Crippen LogP contribution in [-0.4, -0.2) is 16.9 Å². The predicted octanol–water partition coefficient (Wildman–Crippen LogP) is 2.88. The molecule has 1 aromatic carbocycles. The van der Waals surface area contributed by atoms with Gasteiger partial charge in [0.05, 0.1) is 5.56 Å². The number of rotatable bonds is 1. The Hall–Kier alpha value is -1.64. The third kappa shape index (κ3) is 1.86. The lowest BCUT2D eigenvalue weighted by Crippen LogP contribution is -2.33. The van der Waals surface area contributed by atoms with Crippen molar-refractivity contribution in [3.63, 3.8) is 0 Å². The fourth-order valence-electron chi connectivity index (χ4n) is 2.70. The van der Waals surface area contributed by atoms with Gasteiger partial charge >= 0.3 is 5.97 Å². The van der Waals surface area contributed by atoms with E-state index in [-0.39, 0.29) is 22.7 Å². The van der Waals surface area contributed by atoms with Gasteiger partial charge in [-0.3, -0.25) is 4.79 Å². The molecule has 1 unspecified atom stereocenters. The molecule has 0 fully saturated rings. The summed E-state index contributed by atoms with van der Waals surface area (Å²) in [6.07, 6.45) is 0.811. The minimum absolute atomic E-state index is 0.0402. The molecule has 0 aliphatic heterocycles. The zero-order chi connectivity index (χ0) is 12.8. The molecule has 1 atom stereocenters. The Labute approximate surface area is 100 Å². The summed E-state index contributed by atoms with van der Waals surface area (Å²) < 4.78 is 0. The summed E-state index contributed by atoms with van der Waals surface area (Å²) in [4.78, 5) is 23.0. The van der Waals surface area contributed by atoms with E-state index < -0.39 is 5.97 Å². The van der Waals surface area contributed by atoms with Gasteiger partial charge in [0, 0.05) is 11.5 Å². The molecule has 0 saturated carbocycles. The summed E-state index contributed by atoms with van der Waals surface area (Å²) in [5.41, 5.74) is 1.65. The van der Waals surface area contributed by atoms with Crippen molar-refractivity contribution in [1.29, 1.82) is 0 Å². The monoisotopic (exact) mass is 232 g/mol. The van der Waals surface area contributed by atoms with Crippen molar-refractivity contribution in [1.82, 2.24) is 0 Å². The summed E-state index contributed by atoms with van der Waals surface area (Å²) in [5.74, 6) is -0.972. The molecule has 17 heavy (non-hydrogen) atoms. The molecule has 2 rings (SSSR count). The van der Waals surface area contributed by atoms with Crippen molar-refractivity contribution in [2.75, 3.05) is 0 Å². The SMILES string of the molecule is CC1CC(C)(C)c2ccc(C(=O)O)cc2C1=O. The lowest BCUT2D eigenvalue weighted by atomic mass is 9.68. The van der Waals surface area contributed by atoms with E-state index in [1.165, 1.54) is 6.07 Å². The molecule has 0 saturated heterocycles. The zero-order valence-electron chi connectivity index (χ0n) is 10.3. The van der Waals surface area contributed by atoms with Crippen LogP contribution >= 0.6 is 0 Å². The largest absolute Gasteiger partial charge is 0.478 e. The van der Waals surface area contributed by atoms with Gasteiger partial charge in [0.2, 0.25) is 0 Å². The minimum atomic E-state index is -0.989. The van der Waals surface area contributed by atoms with E-state index >= 15 is 0 Å². The molecule has 0 heterocycles. The molecule has 0 spiro atoms. The molecule has 0 aromatic heterocycles. The van der Waals surface area contributed by atoms with Gasteiger partial charge < -0.3 is 5.11 Å². The highest BCUT2D eigenvalue weighted by Gasteiger charge is 2.36. The molecule has 1 N–H and O–H groups in total. The van der Waals surface area contributed by atoms with Gasteiger partial charge in [-0.2, -0.15) is 0 Å². The first-order chi connectivity index (χ1) is 7.83. The van der Waals surface area contributed by atoms with Crippen LogP contribution in [0.15, 0.2) is 18.2 Å². The number of aromatic carboxylic acids is 1. The molecular weight excluding hydrogens is 216 g/mol. The number of carbonyl (C=O) groups is 2. The summed E-state index contributed by atoms with van der Waals surface area (Å²) in [6.45, 7) is 6.09. The Kier molecular flexibility index (Phi) is 2.57. The van der Waals surface area contributed by atoms with E-state index in [0.29, 0.717) is 5.56 Å². The van der Waals surface area contributed by atoms with Crippen molar-refractivity contribution in [2.45, 2.75) is 32.6 Å². The molecule has 3 nitrogen and oxygen atoms in total. The Bertz CT molecular complexity index is 500. The van der Waals surface area contributed by atoms with Crippen molar-refractivity contribution in [2.24, 2.45) is 5.92 Å². The molecule has 1 aliphatic carbocycles. The lowest BCUT2D eigenvalue weighted by Gasteiger charge is -2.35. The first-order valence-electron chi connectivity index (χ1n) is 5.75. The number of hydrogen-bond donors (Lipinski definition) is 1. The van der Waals surface area contributed by atoms with Crippen LogP contribution in [0.3, 0.4) is 0 Å². The fraction of sp³-hybridized carbons (Fsp3) is 0.429. The molecule has 3 heteroatoms. The maximum absolute atomic E-state index is 12.1. The average molecular weight is 232 g/mol. The summed E-state index contributed by atoms with van der Waals surface area (Å²) in [5, 5.41) is 8.96. The highest BCUT2D eigenvalue weighted by molar-refractivity contribution is 6.02. The Morgan fingerprint density at radius 2 is 2.06 bits per heavy atom. The molecular formula is C14H16O3. The standard InChI is InChI=1S/C14H16O3/c1-8-7-14(2,3)11-5-4-9(13(16)17)6-10(11)12(8)15/h4-6,8H,7H2,1-3H3,(H,16,17). The number of carboxylic acids is 1. The highest BCUT2D eigenvalue weighted by atomic mass is 16.4. The maximum Gasteiger partial charge on any atom is 0.335 e. The number of carbonyl (C=O) groups excluding carboxylic acids is 1. The van der Waals surface area contributed by atoms with Gasteiger partial charge in [-0.05, 0) is 29.5 Å². The van der Waals surface area contributed by atoms with Gasteiger partial charge in [-0.25, -0.2) is 4.79 Å². The summed E-state index contributed by atoms with van der Waals surface area (Å²) >= 11 is 0. The van der Waals surface area contributed by atoms with E-state index in [2.05, 4.69) is 13.8 Å². The molecule has 1 aliphatic rings. The molecule has 1 aromatic rings. The normalized spacial score (nSPS) is 22.1. The minimum Gasteiger partial charge on any atom is -0.478 e. The first-order valence-corrected chi connectivity index (χ1v) is 5.75. The number of benzene rings is 1. The Morgan fingerprint density at radius 1 is 1.41 bits per heavy atom. The maximum atomic E-state index is 12.1. The number of hydrogen-bond acceptors (Lipinski definition) is 2. The number of carboxylic acid groups (broad SMARTS) is 1. The van der Waals surface area contributed by atoms with Crippen LogP contribution in [0.2, 0.25) is 0 Å². The van der Waals surface area contributed by atoms with Crippen molar-refractivity contribution >= 4 is 11.8 Å². The second-order valence-corrected chi connectivity index (χ2v) is 5.42. The summed E-state index contributed by atoms with van der Waals surface area (Å²) in [6, 6.07) is 4.87. The summed E-state index contributed by atoms with van der Waals surface area (Å²) in [7, 11) is 0. The second-order valence-electron chi connectivity index (χ2n) is 5.42. The zero-order valence-corrected chi connectivity index (χ0v) is 10.3. The van der Waals surface area contributed by atoms with Gasteiger partial charge in [0.1, 0.15) is 0 Å². The topological polar surface area (TPSA) is 54.4 Å². The third-order valence-corrected chi connectivity index (χ3v) is 3.53. The smallest absolute Gasteiger partial charge is 0.335 e. The average Bonchev–Trinajstić information content (AvgIpc) is 2.25. The van der Waals surface area contributed by atoms with Crippen LogP contribution < -0.4 is 0 Å². The molecule has 0 amide bonds. The van der Waals surface area contributed by atoms with Crippen LogP contribution in [0, 0.1) is 5.92 Å². The fourth-order valence-corrected chi connectivity index (χ4v) is 2.70. The van der Waals surface area contributed by atoms with Crippen molar-refractivity contribution < 1.29 is 14.7 Å². The number of Topliss-reactive ketones (excluding diaryl/α,β-unsaturated/α-hetero) is 1. The Balaban J connectivity index is 2.63. The second kappa shape index (κ2) is 3.69. The van der Waals surface area contributed by atoms with Crippen LogP contribution in [0.5, 0.6) is 0 Å². The van der Waals surface area contributed by atoms with Gasteiger partial charge in [0.15, 0.2) is 5.78 Å². The third-order valence-electron chi connectivity index (χ3n) is 3.53. The van der Waals surface area contributed by atoms with Gasteiger partial charge in [-0.1, -0.05) is 26.8 Å². The van der Waals surface area contributed by atoms with E-state index in [9.17, 15) is 9.59 Å². The van der Waals surface area contributed by atoms with E-state index in [4.69, 9.17) is 5.11 Å². The molecule has 90 valence electrons. The Morgan fingerprint density at radius 3 is 2.65 bits per heavy atom. The van der Waals surface area contributed by atoms with Gasteiger partial charge in [-0.15, -0.1) is 0 Å². The molecule has 0 bridgehead atoms. The predicted molar refractivity (Wildman–Crippen MR) is 64.5 cm³/mol. The van der Waals surface area contributed by atoms with Gasteiger partial charge in [0.25, 0.3) is 0 Å². The van der Waals surface area contributed by atoms with Crippen LogP contribution in [0.4, 0.5) is 0 Å². The van der Waals surface area contributed by atoms with Crippen molar-refractivity contribution in [3.8, 4) is 0 Å². The molecule has 0 radical (unpaired) electrons. The van der Waals surface area contributed by atoms with Crippen molar-refractivity contribution in [3.05, 3.63) is 34.9 Å². The number of fused-ring (bicyclic) bond motifs is 1. The van der Waals surface area contributed by atoms with E-state index in [0.717, 1.165) is 12.0 Å².